The molecule has 0 radical (unpaired) electrons. The molecule has 130 valence electrons. The first-order valence-corrected chi connectivity index (χ1v) is 8.05. The van der Waals surface area contributed by atoms with Crippen LogP contribution in [0.3, 0.4) is 0 Å². The molecular formula is C17H18ClN5O2. The van der Waals surface area contributed by atoms with Gasteiger partial charge in [0.05, 0.1) is 17.3 Å². The summed E-state index contributed by atoms with van der Waals surface area (Å²) in [5.74, 6) is 0.401. The van der Waals surface area contributed by atoms with E-state index in [2.05, 4.69) is 10.2 Å². The molecule has 2 aromatic heterocycles. The Hall–Kier alpha value is -2.80. The van der Waals surface area contributed by atoms with Gasteiger partial charge in [-0.1, -0.05) is 23.7 Å². The third kappa shape index (κ3) is 4.00. The summed E-state index contributed by atoms with van der Waals surface area (Å²) in [5.41, 5.74) is 1.30. The Morgan fingerprint density at radius 2 is 2.08 bits per heavy atom. The third-order valence-electron chi connectivity index (χ3n) is 3.72. The molecule has 0 N–H and O–H groups in total. The first-order valence-electron chi connectivity index (χ1n) is 7.67. The van der Waals surface area contributed by atoms with Crippen LogP contribution in [0.15, 0.2) is 48.8 Å². The van der Waals surface area contributed by atoms with Crippen LogP contribution in [0, 0.1) is 0 Å². The van der Waals surface area contributed by atoms with Gasteiger partial charge < -0.3 is 9.64 Å². The summed E-state index contributed by atoms with van der Waals surface area (Å²) in [4.78, 5) is 14.1. The van der Waals surface area contributed by atoms with Crippen molar-refractivity contribution in [3.63, 3.8) is 0 Å². The lowest BCUT2D eigenvalue weighted by molar-refractivity contribution is 0.0774. The van der Waals surface area contributed by atoms with Crippen LogP contribution in [0.1, 0.15) is 16.2 Å². The van der Waals surface area contributed by atoms with Gasteiger partial charge in [-0.3, -0.25) is 9.48 Å². The van der Waals surface area contributed by atoms with Gasteiger partial charge in [0.1, 0.15) is 5.75 Å². The van der Waals surface area contributed by atoms with E-state index in [-0.39, 0.29) is 12.6 Å². The number of carbonyl (C=O) groups excluding carboxylic acids is 1. The maximum atomic E-state index is 12.5. The molecule has 0 aliphatic rings. The lowest BCUT2D eigenvalue weighted by atomic mass is 10.3. The van der Waals surface area contributed by atoms with E-state index in [1.807, 2.05) is 25.2 Å². The van der Waals surface area contributed by atoms with Crippen molar-refractivity contribution in [3.8, 4) is 5.75 Å². The first-order chi connectivity index (χ1) is 12.0. The minimum atomic E-state index is -0.169. The summed E-state index contributed by atoms with van der Waals surface area (Å²) in [6, 6.07) is 10.7. The van der Waals surface area contributed by atoms with Gasteiger partial charge in [0.25, 0.3) is 5.91 Å². The standard InChI is InChI=1S/C17H18ClN5O2/c1-21(11-13-7-9-19-22(13)2)17(24)15-8-10-23(20-15)12-25-16-6-4-3-5-14(16)18/h3-10H,11-12H2,1-2H3. The molecule has 7 nitrogen and oxygen atoms in total. The van der Waals surface area contributed by atoms with Crippen molar-refractivity contribution in [3.05, 3.63) is 65.2 Å². The number of hydrogen-bond acceptors (Lipinski definition) is 4. The van der Waals surface area contributed by atoms with Crippen LogP contribution >= 0.6 is 11.6 Å². The molecular weight excluding hydrogens is 342 g/mol. The summed E-state index contributed by atoms with van der Waals surface area (Å²) in [6.07, 6.45) is 3.40. The monoisotopic (exact) mass is 359 g/mol. The van der Waals surface area contributed by atoms with Gasteiger partial charge in [0.2, 0.25) is 0 Å². The number of hydrogen-bond donors (Lipinski definition) is 0. The predicted octanol–water partition coefficient (Wildman–Crippen LogP) is 2.58. The van der Waals surface area contributed by atoms with Gasteiger partial charge in [-0.2, -0.15) is 10.2 Å². The molecule has 0 aliphatic carbocycles. The van der Waals surface area contributed by atoms with E-state index in [0.29, 0.717) is 23.0 Å². The fraction of sp³-hybridized carbons (Fsp3) is 0.235. The molecule has 0 saturated heterocycles. The Morgan fingerprint density at radius 1 is 1.28 bits per heavy atom. The van der Waals surface area contributed by atoms with E-state index < -0.39 is 0 Å². The number of aryl methyl sites for hydroxylation is 1. The van der Waals surface area contributed by atoms with Crippen LogP contribution in [-0.2, 0) is 20.3 Å². The molecule has 0 saturated carbocycles. The largest absolute Gasteiger partial charge is 0.470 e. The van der Waals surface area contributed by atoms with E-state index in [1.54, 1.807) is 51.9 Å². The van der Waals surface area contributed by atoms with Crippen molar-refractivity contribution in [1.29, 1.82) is 0 Å². The Labute approximate surface area is 150 Å². The van der Waals surface area contributed by atoms with Crippen LogP contribution in [0.5, 0.6) is 5.75 Å². The van der Waals surface area contributed by atoms with Crippen molar-refractivity contribution in [1.82, 2.24) is 24.5 Å². The van der Waals surface area contributed by atoms with Crippen molar-refractivity contribution >= 4 is 17.5 Å². The Balaban J connectivity index is 1.61. The summed E-state index contributed by atoms with van der Waals surface area (Å²) < 4.78 is 8.90. The molecule has 0 aliphatic heterocycles. The van der Waals surface area contributed by atoms with Crippen molar-refractivity contribution in [2.24, 2.45) is 7.05 Å². The lowest BCUT2D eigenvalue weighted by Gasteiger charge is -2.15. The normalized spacial score (nSPS) is 10.7. The number of carbonyl (C=O) groups is 1. The van der Waals surface area contributed by atoms with Crippen LogP contribution in [0.2, 0.25) is 5.02 Å². The van der Waals surface area contributed by atoms with E-state index in [4.69, 9.17) is 16.3 Å². The molecule has 0 spiro atoms. The molecule has 3 rings (SSSR count). The fourth-order valence-electron chi connectivity index (χ4n) is 2.31. The highest BCUT2D eigenvalue weighted by Crippen LogP contribution is 2.23. The summed E-state index contributed by atoms with van der Waals surface area (Å²) in [5, 5.41) is 8.89. The number of rotatable bonds is 6. The predicted molar refractivity (Wildman–Crippen MR) is 93.3 cm³/mol. The minimum absolute atomic E-state index is 0.169. The maximum Gasteiger partial charge on any atom is 0.274 e. The molecule has 1 aromatic carbocycles. The van der Waals surface area contributed by atoms with Crippen LogP contribution in [-0.4, -0.2) is 37.4 Å². The quantitative estimate of drug-likeness (QED) is 0.678. The number of amides is 1. The molecule has 0 unspecified atom stereocenters. The van der Waals surface area contributed by atoms with E-state index in [9.17, 15) is 4.79 Å². The number of benzene rings is 1. The summed E-state index contributed by atoms with van der Waals surface area (Å²) >= 11 is 6.05. The van der Waals surface area contributed by atoms with E-state index >= 15 is 0 Å². The highest BCUT2D eigenvalue weighted by Gasteiger charge is 2.16. The summed E-state index contributed by atoms with van der Waals surface area (Å²) in [6.45, 7) is 0.626. The highest BCUT2D eigenvalue weighted by molar-refractivity contribution is 6.32. The van der Waals surface area contributed by atoms with Gasteiger partial charge in [0, 0.05) is 26.5 Å². The van der Waals surface area contributed by atoms with Crippen molar-refractivity contribution < 1.29 is 9.53 Å². The van der Waals surface area contributed by atoms with Crippen LogP contribution in [0.4, 0.5) is 0 Å². The zero-order valence-corrected chi connectivity index (χ0v) is 14.7. The maximum absolute atomic E-state index is 12.5. The molecule has 0 fully saturated rings. The zero-order chi connectivity index (χ0) is 17.8. The van der Waals surface area contributed by atoms with Crippen molar-refractivity contribution in [2.45, 2.75) is 13.3 Å². The molecule has 1 amide bonds. The average Bonchev–Trinajstić information content (AvgIpc) is 3.23. The van der Waals surface area contributed by atoms with Gasteiger partial charge in [0.15, 0.2) is 12.4 Å². The molecule has 2 heterocycles. The van der Waals surface area contributed by atoms with Gasteiger partial charge in [-0.05, 0) is 24.3 Å². The lowest BCUT2D eigenvalue weighted by Crippen LogP contribution is -2.27. The third-order valence-corrected chi connectivity index (χ3v) is 4.03. The highest BCUT2D eigenvalue weighted by atomic mass is 35.5. The number of nitrogens with zero attached hydrogens (tertiary/aromatic N) is 5. The first kappa shape index (κ1) is 17.0. The van der Waals surface area contributed by atoms with Gasteiger partial charge in [-0.25, -0.2) is 4.68 Å². The van der Waals surface area contributed by atoms with Crippen molar-refractivity contribution in [2.75, 3.05) is 7.05 Å². The minimum Gasteiger partial charge on any atom is -0.470 e. The Kier molecular flexibility index (Phi) is 5.04. The van der Waals surface area contributed by atoms with Gasteiger partial charge in [-0.15, -0.1) is 0 Å². The topological polar surface area (TPSA) is 65.2 Å². The number of para-hydroxylation sites is 1. The average molecular weight is 360 g/mol. The molecule has 0 atom stereocenters. The Morgan fingerprint density at radius 3 is 2.80 bits per heavy atom. The molecule has 8 heteroatoms. The summed E-state index contributed by atoms with van der Waals surface area (Å²) in [7, 11) is 3.57. The number of ether oxygens (including phenoxy) is 1. The van der Waals surface area contributed by atoms with Crippen LogP contribution in [0.25, 0.3) is 0 Å². The van der Waals surface area contributed by atoms with Gasteiger partial charge >= 0.3 is 0 Å². The van der Waals surface area contributed by atoms with E-state index in [1.165, 1.54) is 0 Å². The SMILES string of the molecule is CN(Cc1ccnn1C)C(=O)c1ccn(COc2ccccc2Cl)n1. The smallest absolute Gasteiger partial charge is 0.274 e. The Bertz CT molecular complexity index is 873. The second kappa shape index (κ2) is 7.40. The second-order valence-corrected chi connectivity index (χ2v) is 5.96. The zero-order valence-electron chi connectivity index (χ0n) is 14.0. The second-order valence-electron chi connectivity index (χ2n) is 5.55. The number of halogens is 1. The molecule has 3 aromatic rings. The molecule has 0 bridgehead atoms. The van der Waals surface area contributed by atoms with E-state index in [0.717, 1.165) is 5.69 Å². The van der Waals surface area contributed by atoms with Crippen LogP contribution < -0.4 is 4.74 Å². The number of aromatic nitrogens is 4. The fourth-order valence-corrected chi connectivity index (χ4v) is 2.50. The molecule has 25 heavy (non-hydrogen) atoms.